The molecule has 1 amide bonds. The highest BCUT2D eigenvalue weighted by molar-refractivity contribution is 9.10. The first kappa shape index (κ1) is 18.5. The number of halogens is 1. The first-order chi connectivity index (χ1) is 12.9. The van der Waals surface area contributed by atoms with Gasteiger partial charge in [0.15, 0.2) is 0 Å². The summed E-state index contributed by atoms with van der Waals surface area (Å²) < 4.78 is 3.51. The largest absolute Gasteiger partial charge is 0.309 e. The van der Waals surface area contributed by atoms with Crippen molar-refractivity contribution in [3.05, 3.63) is 85.4 Å². The zero-order valence-corrected chi connectivity index (χ0v) is 15.5. The van der Waals surface area contributed by atoms with E-state index in [1.165, 1.54) is 0 Å². The number of carbonyl (C=O) groups excluding carboxylic acids is 1. The van der Waals surface area contributed by atoms with Gasteiger partial charge >= 0.3 is 0 Å². The second-order valence-electron chi connectivity index (χ2n) is 5.62. The topological polar surface area (TPSA) is 112 Å². The summed E-state index contributed by atoms with van der Waals surface area (Å²) >= 11 is 3.47. The van der Waals surface area contributed by atoms with Gasteiger partial charge in [0.1, 0.15) is 12.4 Å². The summed E-state index contributed by atoms with van der Waals surface area (Å²) in [5.74, 6) is -0.0410. The molecule has 0 aliphatic rings. The fourth-order valence-corrected chi connectivity index (χ4v) is 2.85. The van der Waals surface area contributed by atoms with E-state index in [0.717, 1.165) is 32.9 Å². The predicted octanol–water partition coefficient (Wildman–Crippen LogP) is 2.40. The second kappa shape index (κ2) is 7.96. The maximum absolute atomic E-state index is 12.3. The van der Waals surface area contributed by atoms with Crippen molar-refractivity contribution in [2.75, 3.05) is 5.32 Å². The number of pyridine rings is 1. The van der Waals surface area contributed by atoms with Gasteiger partial charge in [-0.05, 0) is 11.6 Å². The number of nitrogens with zero attached hydrogens (tertiary/aromatic N) is 4. The number of carbonyl (C=O) groups is 1. The molecule has 0 radical (unpaired) electrons. The van der Waals surface area contributed by atoms with Gasteiger partial charge < -0.3 is 5.32 Å². The lowest BCUT2D eigenvalue weighted by atomic mass is 10.2. The molecule has 0 bridgehead atoms. The Morgan fingerprint density at radius 3 is 2.74 bits per heavy atom. The maximum atomic E-state index is 12.3. The van der Waals surface area contributed by atoms with Gasteiger partial charge in [0, 0.05) is 22.7 Å². The van der Waals surface area contributed by atoms with E-state index in [1.807, 2.05) is 24.3 Å². The summed E-state index contributed by atoms with van der Waals surface area (Å²) in [6.45, 7) is 0.0848. The van der Waals surface area contributed by atoms with Crippen molar-refractivity contribution in [1.29, 1.82) is 0 Å². The Labute approximate surface area is 161 Å². The molecule has 3 aromatic rings. The van der Waals surface area contributed by atoms with Crippen LogP contribution in [0.25, 0.3) is 0 Å². The van der Waals surface area contributed by atoms with Gasteiger partial charge in [-0.25, -0.2) is 4.68 Å². The number of amides is 1. The van der Waals surface area contributed by atoms with Gasteiger partial charge in [-0.2, -0.15) is 5.10 Å². The summed E-state index contributed by atoms with van der Waals surface area (Å²) in [6, 6.07) is 11.4. The quantitative estimate of drug-likeness (QED) is 0.475. The minimum atomic E-state index is -0.624. The minimum Gasteiger partial charge on any atom is -0.309 e. The molecule has 0 spiro atoms. The van der Waals surface area contributed by atoms with Gasteiger partial charge in [-0.1, -0.05) is 34.1 Å². The van der Waals surface area contributed by atoms with Gasteiger partial charge in [0.25, 0.3) is 11.2 Å². The molecule has 0 aliphatic carbocycles. The molecule has 2 aromatic heterocycles. The van der Waals surface area contributed by atoms with E-state index in [0.29, 0.717) is 12.4 Å². The first-order valence-corrected chi connectivity index (χ1v) is 8.63. The Morgan fingerprint density at radius 1 is 1.22 bits per heavy atom. The van der Waals surface area contributed by atoms with Crippen LogP contribution in [0.1, 0.15) is 5.56 Å². The van der Waals surface area contributed by atoms with Crippen molar-refractivity contribution in [2.24, 2.45) is 0 Å². The highest BCUT2D eigenvalue weighted by Gasteiger charge is 2.13. The number of aromatic nitrogens is 3. The predicted molar refractivity (Wildman–Crippen MR) is 101 cm³/mol. The van der Waals surface area contributed by atoms with Crippen molar-refractivity contribution < 1.29 is 9.72 Å². The molecular formula is C17H14BrN5O4. The van der Waals surface area contributed by atoms with E-state index in [4.69, 9.17) is 0 Å². The molecule has 0 atom stereocenters. The monoisotopic (exact) mass is 431 g/mol. The van der Waals surface area contributed by atoms with E-state index in [2.05, 4.69) is 26.3 Å². The summed E-state index contributed by atoms with van der Waals surface area (Å²) in [5.41, 5.74) is 0.213. The SMILES string of the molecule is O=C(Cn1cc([N+](=O)[O-])ccc1=O)Nc1ccnn1Cc1ccccc1Br. The molecule has 138 valence electrons. The number of hydrogen-bond acceptors (Lipinski definition) is 5. The molecule has 0 aliphatic heterocycles. The summed E-state index contributed by atoms with van der Waals surface area (Å²) in [7, 11) is 0. The molecule has 9 nitrogen and oxygen atoms in total. The zero-order chi connectivity index (χ0) is 19.4. The van der Waals surface area contributed by atoms with Crippen LogP contribution in [0.3, 0.4) is 0 Å². The van der Waals surface area contributed by atoms with Crippen molar-refractivity contribution in [1.82, 2.24) is 14.3 Å². The van der Waals surface area contributed by atoms with Crippen LogP contribution in [0.5, 0.6) is 0 Å². The van der Waals surface area contributed by atoms with Crippen LogP contribution in [0, 0.1) is 10.1 Å². The van der Waals surface area contributed by atoms with Gasteiger partial charge in [0.2, 0.25) is 5.91 Å². The molecule has 2 heterocycles. The molecule has 1 N–H and O–H groups in total. The first-order valence-electron chi connectivity index (χ1n) is 7.84. The average molecular weight is 432 g/mol. The zero-order valence-electron chi connectivity index (χ0n) is 13.9. The molecule has 0 unspecified atom stereocenters. The highest BCUT2D eigenvalue weighted by atomic mass is 79.9. The molecule has 1 aromatic carbocycles. The fraction of sp³-hybridized carbons (Fsp3) is 0.118. The van der Waals surface area contributed by atoms with Crippen LogP contribution < -0.4 is 10.9 Å². The fourth-order valence-electron chi connectivity index (χ4n) is 2.44. The van der Waals surface area contributed by atoms with E-state index >= 15 is 0 Å². The summed E-state index contributed by atoms with van der Waals surface area (Å²) in [5, 5.41) is 17.7. The van der Waals surface area contributed by atoms with Crippen LogP contribution >= 0.6 is 15.9 Å². The van der Waals surface area contributed by atoms with E-state index in [1.54, 1.807) is 16.9 Å². The van der Waals surface area contributed by atoms with Crippen molar-refractivity contribution in [2.45, 2.75) is 13.1 Å². The number of nitrogens with one attached hydrogen (secondary N) is 1. The van der Waals surface area contributed by atoms with Crippen molar-refractivity contribution >= 4 is 33.3 Å². The van der Waals surface area contributed by atoms with Crippen LogP contribution in [0.15, 0.2) is 64.1 Å². The molecule has 0 fully saturated rings. The Kier molecular flexibility index (Phi) is 5.46. The minimum absolute atomic E-state index is 0.263. The Hall–Kier alpha value is -3.27. The Balaban J connectivity index is 1.74. The second-order valence-corrected chi connectivity index (χ2v) is 6.48. The van der Waals surface area contributed by atoms with Crippen molar-refractivity contribution in [3.8, 4) is 0 Å². The normalized spacial score (nSPS) is 10.6. The average Bonchev–Trinajstić information content (AvgIpc) is 3.05. The number of anilines is 1. The Morgan fingerprint density at radius 2 is 2.00 bits per heavy atom. The molecule has 3 rings (SSSR count). The molecule has 27 heavy (non-hydrogen) atoms. The highest BCUT2D eigenvalue weighted by Crippen LogP contribution is 2.18. The van der Waals surface area contributed by atoms with Crippen molar-refractivity contribution in [3.63, 3.8) is 0 Å². The smallest absolute Gasteiger partial charge is 0.285 e. The van der Waals surface area contributed by atoms with E-state index in [9.17, 15) is 19.7 Å². The van der Waals surface area contributed by atoms with Crippen LogP contribution in [0.2, 0.25) is 0 Å². The number of benzene rings is 1. The Bertz CT molecular complexity index is 1060. The van der Waals surface area contributed by atoms with E-state index in [-0.39, 0.29) is 12.2 Å². The number of nitro groups is 1. The van der Waals surface area contributed by atoms with Gasteiger partial charge in [0.05, 0.1) is 23.9 Å². The summed E-state index contributed by atoms with van der Waals surface area (Å²) in [6.07, 6.45) is 2.59. The lowest BCUT2D eigenvalue weighted by molar-refractivity contribution is -0.385. The third kappa shape index (κ3) is 4.47. The molecular weight excluding hydrogens is 418 g/mol. The summed E-state index contributed by atoms with van der Waals surface area (Å²) in [4.78, 5) is 34.3. The van der Waals surface area contributed by atoms with Crippen LogP contribution in [-0.4, -0.2) is 25.2 Å². The third-order valence-electron chi connectivity index (χ3n) is 3.75. The van der Waals surface area contributed by atoms with E-state index < -0.39 is 16.4 Å². The maximum Gasteiger partial charge on any atom is 0.285 e. The standard InChI is InChI=1S/C17H14BrN5O4/c18-14-4-2-1-3-12(14)9-22-15(7-8-19-22)20-16(24)11-21-10-13(23(26)27)5-6-17(21)25/h1-8,10H,9,11H2,(H,20,24). The lowest BCUT2D eigenvalue weighted by Gasteiger charge is -2.11. The number of hydrogen-bond donors (Lipinski definition) is 1. The molecule has 0 saturated heterocycles. The molecule has 0 saturated carbocycles. The third-order valence-corrected chi connectivity index (χ3v) is 4.53. The van der Waals surface area contributed by atoms with Gasteiger partial charge in [-0.15, -0.1) is 0 Å². The van der Waals surface area contributed by atoms with Gasteiger partial charge in [-0.3, -0.25) is 24.3 Å². The lowest BCUT2D eigenvalue weighted by Crippen LogP contribution is -2.27. The van der Waals surface area contributed by atoms with Crippen LogP contribution in [-0.2, 0) is 17.9 Å². The molecule has 10 heteroatoms. The van der Waals surface area contributed by atoms with Crippen LogP contribution in [0.4, 0.5) is 11.5 Å². The number of rotatable bonds is 6.